The van der Waals surface area contributed by atoms with Crippen LogP contribution in [-0.4, -0.2) is 55.6 Å². The number of aliphatic imine (C=N–C) groups is 1. The molecule has 138 valence electrons. The fourth-order valence-corrected chi connectivity index (χ4v) is 2.92. The molecule has 0 spiro atoms. The van der Waals surface area contributed by atoms with Crippen LogP contribution in [0.1, 0.15) is 32.3 Å². The highest BCUT2D eigenvalue weighted by molar-refractivity contribution is 5.80. The van der Waals surface area contributed by atoms with Gasteiger partial charge in [-0.1, -0.05) is 19.1 Å². The summed E-state index contributed by atoms with van der Waals surface area (Å²) >= 11 is 0. The fraction of sp³-hybridized carbons (Fsp3) is 0.579. The Balaban J connectivity index is 1.76. The second-order valence-corrected chi connectivity index (χ2v) is 6.52. The summed E-state index contributed by atoms with van der Waals surface area (Å²) < 4.78 is 5.92. The van der Waals surface area contributed by atoms with Crippen LogP contribution >= 0.6 is 0 Å². The highest BCUT2D eigenvalue weighted by atomic mass is 16.5. The molecule has 0 aromatic heterocycles. The van der Waals surface area contributed by atoms with Crippen molar-refractivity contribution in [2.45, 2.75) is 45.8 Å². The number of hydrogen-bond acceptors (Lipinski definition) is 3. The van der Waals surface area contributed by atoms with Crippen molar-refractivity contribution in [2.24, 2.45) is 4.99 Å². The first-order valence-corrected chi connectivity index (χ1v) is 9.00. The van der Waals surface area contributed by atoms with Crippen molar-refractivity contribution in [3.8, 4) is 5.75 Å². The first kappa shape index (κ1) is 19.1. The molecule has 0 aliphatic carbocycles. The first-order chi connectivity index (χ1) is 12.0. The van der Waals surface area contributed by atoms with E-state index in [1.165, 1.54) is 5.56 Å². The highest BCUT2D eigenvalue weighted by Crippen LogP contribution is 2.14. The summed E-state index contributed by atoms with van der Waals surface area (Å²) in [7, 11) is 1.76. The van der Waals surface area contributed by atoms with Crippen molar-refractivity contribution < 1.29 is 9.53 Å². The Morgan fingerprint density at radius 3 is 2.96 bits per heavy atom. The van der Waals surface area contributed by atoms with Crippen LogP contribution in [0.5, 0.6) is 5.75 Å². The third-order valence-corrected chi connectivity index (χ3v) is 4.29. The van der Waals surface area contributed by atoms with E-state index >= 15 is 0 Å². The molecule has 1 aromatic carbocycles. The Bertz CT molecular complexity index is 603. The van der Waals surface area contributed by atoms with Crippen LogP contribution in [0.15, 0.2) is 29.3 Å². The minimum atomic E-state index is 0.0158. The van der Waals surface area contributed by atoms with Gasteiger partial charge in [0.25, 0.3) is 0 Å². The SMILES string of the molecule is CCC(=O)N1CCC(NC(=NC)NCC(C)Oc2cccc(C)c2)C1. The van der Waals surface area contributed by atoms with Gasteiger partial charge in [0.2, 0.25) is 5.91 Å². The predicted octanol–water partition coefficient (Wildman–Crippen LogP) is 1.94. The van der Waals surface area contributed by atoms with Gasteiger partial charge in [0.1, 0.15) is 11.9 Å². The molecular formula is C19H30N4O2. The van der Waals surface area contributed by atoms with Crippen LogP contribution < -0.4 is 15.4 Å². The second-order valence-electron chi connectivity index (χ2n) is 6.52. The summed E-state index contributed by atoms with van der Waals surface area (Å²) in [6, 6.07) is 8.29. The third-order valence-electron chi connectivity index (χ3n) is 4.29. The van der Waals surface area contributed by atoms with Crippen molar-refractivity contribution >= 4 is 11.9 Å². The van der Waals surface area contributed by atoms with E-state index in [1.54, 1.807) is 7.05 Å². The number of carbonyl (C=O) groups excluding carboxylic acids is 1. The number of guanidine groups is 1. The summed E-state index contributed by atoms with van der Waals surface area (Å²) in [6.07, 6.45) is 1.53. The maximum absolute atomic E-state index is 11.8. The van der Waals surface area contributed by atoms with E-state index in [1.807, 2.05) is 36.9 Å². The largest absolute Gasteiger partial charge is 0.489 e. The molecule has 2 atom stereocenters. The van der Waals surface area contributed by atoms with E-state index in [0.29, 0.717) is 13.0 Å². The normalized spacial score (nSPS) is 18.8. The minimum Gasteiger partial charge on any atom is -0.489 e. The number of aryl methyl sites for hydroxylation is 1. The molecule has 0 bridgehead atoms. The van der Waals surface area contributed by atoms with E-state index in [0.717, 1.165) is 31.2 Å². The topological polar surface area (TPSA) is 66.0 Å². The van der Waals surface area contributed by atoms with Crippen LogP contribution in [-0.2, 0) is 4.79 Å². The maximum atomic E-state index is 11.8. The zero-order chi connectivity index (χ0) is 18.2. The molecule has 2 rings (SSSR count). The zero-order valence-corrected chi connectivity index (χ0v) is 15.7. The van der Waals surface area contributed by atoms with Gasteiger partial charge in [-0.25, -0.2) is 0 Å². The van der Waals surface area contributed by atoms with Crippen LogP contribution in [0.2, 0.25) is 0 Å². The third kappa shape index (κ3) is 5.96. The van der Waals surface area contributed by atoms with Crippen LogP contribution in [0.25, 0.3) is 0 Å². The summed E-state index contributed by atoms with van der Waals surface area (Å²) in [6.45, 7) is 8.18. The second kappa shape index (κ2) is 9.30. The lowest BCUT2D eigenvalue weighted by atomic mass is 10.2. The Hall–Kier alpha value is -2.24. The van der Waals surface area contributed by atoms with E-state index in [9.17, 15) is 4.79 Å². The molecule has 1 saturated heterocycles. The molecule has 2 unspecified atom stereocenters. The monoisotopic (exact) mass is 346 g/mol. The highest BCUT2D eigenvalue weighted by Gasteiger charge is 2.25. The molecule has 25 heavy (non-hydrogen) atoms. The number of hydrogen-bond donors (Lipinski definition) is 2. The lowest BCUT2D eigenvalue weighted by Crippen LogP contribution is -2.47. The Labute approximate surface area is 150 Å². The number of ether oxygens (including phenoxy) is 1. The smallest absolute Gasteiger partial charge is 0.222 e. The Morgan fingerprint density at radius 1 is 1.48 bits per heavy atom. The van der Waals surface area contributed by atoms with Gasteiger partial charge >= 0.3 is 0 Å². The first-order valence-electron chi connectivity index (χ1n) is 9.00. The van der Waals surface area contributed by atoms with Crippen molar-refractivity contribution in [2.75, 3.05) is 26.7 Å². The molecule has 0 radical (unpaired) electrons. The number of carbonyl (C=O) groups is 1. The molecule has 1 fully saturated rings. The average Bonchev–Trinajstić information content (AvgIpc) is 3.06. The lowest BCUT2D eigenvalue weighted by Gasteiger charge is -2.21. The molecule has 6 heteroatoms. The number of nitrogens with one attached hydrogen (secondary N) is 2. The molecule has 1 amide bonds. The van der Waals surface area contributed by atoms with Crippen molar-refractivity contribution in [3.63, 3.8) is 0 Å². The molecule has 1 aliphatic rings. The quantitative estimate of drug-likeness (QED) is 0.610. The van der Waals surface area contributed by atoms with Gasteiger partial charge in [-0.15, -0.1) is 0 Å². The molecular weight excluding hydrogens is 316 g/mol. The van der Waals surface area contributed by atoms with Gasteiger partial charge in [0.15, 0.2) is 5.96 Å². The number of likely N-dealkylation sites (tertiary alicyclic amines) is 1. The number of nitrogens with zero attached hydrogens (tertiary/aromatic N) is 2. The van der Waals surface area contributed by atoms with Crippen LogP contribution in [0, 0.1) is 6.92 Å². The number of benzene rings is 1. The van der Waals surface area contributed by atoms with E-state index in [2.05, 4.69) is 28.6 Å². The van der Waals surface area contributed by atoms with Crippen molar-refractivity contribution in [3.05, 3.63) is 29.8 Å². The molecule has 1 heterocycles. The van der Waals surface area contributed by atoms with Gasteiger partial charge in [0.05, 0.1) is 6.54 Å². The van der Waals surface area contributed by atoms with E-state index < -0.39 is 0 Å². The summed E-state index contributed by atoms with van der Waals surface area (Å²) in [5.41, 5.74) is 1.18. The average molecular weight is 346 g/mol. The van der Waals surface area contributed by atoms with Gasteiger partial charge in [-0.2, -0.15) is 0 Å². The summed E-state index contributed by atoms with van der Waals surface area (Å²) in [5, 5.41) is 6.69. The molecule has 6 nitrogen and oxygen atoms in total. The van der Waals surface area contributed by atoms with Crippen molar-refractivity contribution in [1.29, 1.82) is 0 Å². The number of amides is 1. The van der Waals surface area contributed by atoms with E-state index in [4.69, 9.17) is 4.74 Å². The van der Waals surface area contributed by atoms with Crippen LogP contribution in [0.3, 0.4) is 0 Å². The van der Waals surface area contributed by atoms with Gasteiger partial charge < -0.3 is 20.3 Å². The molecule has 1 aromatic rings. The fourth-order valence-electron chi connectivity index (χ4n) is 2.92. The Kier molecular flexibility index (Phi) is 7.10. The molecule has 2 N–H and O–H groups in total. The van der Waals surface area contributed by atoms with Crippen LogP contribution in [0.4, 0.5) is 0 Å². The molecule has 0 saturated carbocycles. The maximum Gasteiger partial charge on any atom is 0.222 e. The summed E-state index contributed by atoms with van der Waals surface area (Å²) in [4.78, 5) is 17.9. The Morgan fingerprint density at radius 2 is 2.28 bits per heavy atom. The van der Waals surface area contributed by atoms with Gasteiger partial charge in [0, 0.05) is 32.6 Å². The van der Waals surface area contributed by atoms with E-state index in [-0.39, 0.29) is 18.1 Å². The van der Waals surface area contributed by atoms with Crippen molar-refractivity contribution in [1.82, 2.24) is 15.5 Å². The van der Waals surface area contributed by atoms with Gasteiger partial charge in [-0.05, 0) is 38.0 Å². The van der Waals surface area contributed by atoms with Gasteiger partial charge in [-0.3, -0.25) is 9.79 Å². The standard InChI is InChI=1S/C19H30N4O2/c1-5-18(24)23-10-9-16(13-23)22-19(20-4)21-12-15(3)25-17-8-6-7-14(2)11-17/h6-8,11,15-16H,5,9-10,12-13H2,1-4H3,(H2,20,21,22). The summed E-state index contributed by atoms with van der Waals surface area (Å²) in [5.74, 6) is 1.84. The predicted molar refractivity (Wildman–Crippen MR) is 101 cm³/mol. The lowest BCUT2D eigenvalue weighted by molar-refractivity contribution is -0.129. The molecule has 1 aliphatic heterocycles. The minimum absolute atomic E-state index is 0.0158. The number of rotatable bonds is 6. The zero-order valence-electron chi connectivity index (χ0n) is 15.7.